The molecule has 0 bridgehead atoms. The quantitative estimate of drug-likeness (QED) is 0.503. The summed E-state index contributed by atoms with van der Waals surface area (Å²) < 4.78 is 20.3. The molecule has 2 aromatic rings. The number of amides is 1. The van der Waals surface area contributed by atoms with Crippen LogP contribution in [0.2, 0.25) is 0 Å². The fourth-order valence-corrected chi connectivity index (χ4v) is 3.33. The Hall–Kier alpha value is -2.74. The standard InChI is InChI=1S/C21H20BrFN2O4/c1-14(26)16-4-7-19(18(23)12-16)24-8-10-25(11-9-24)20(27)13-29-21(28)15-2-5-17(22)6-3-15/h2-7,12H,8-11,13H2,1H3. The molecule has 1 saturated heterocycles. The number of ether oxygens (including phenoxy) is 1. The first-order chi connectivity index (χ1) is 13.8. The Morgan fingerprint density at radius 2 is 1.62 bits per heavy atom. The van der Waals surface area contributed by atoms with Crippen molar-refractivity contribution in [1.82, 2.24) is 4.90 Å². The van der Waals surface area contributed by atoms with E-state index in [1.54, 1.807) is 41.3 Å². The highest BCUT2D eigenvalue weighted by molar-refractivity contribution is 9.10. The lowest BCUT2D eigenvalue weighted by Crippen LogP contribution is -2.50. The predicted molar refractivity (Wildman–Crippen MR) is 110 cm³/mol. The highest BCUT2D eigenvalue weighted by Gasteiger charge is 2.24. The molecule has 0 saturated carbocycles. The van der Waals surface area contributed by atoms with Crippen LogP contribution in [0.1, 0.15) is 27.6 Å². The third-order valence-electron chi connectivity index (χ3n) is 4.73. The number of Topliss-reactive ketones (excluding diaryl/α,β-unsaturated/α-hetero) is 1. The Labute approximate surface area is 176 Å². The van der Waals surface area contributed by atoms with Crippen LogP contribution in [0.5, 0.6) is 0 Å². The number of piperazine rings is 1. The van der Waals surface area contributed by atoms with E-state index in [9.17, 15) is 18.8 Å². The van der Waals surface area contributed by atoms with Gasteiger partial charge in [0.1, 0.15) is 5.82 Å². The van der Waals surface area contributed by atoms with Gasteiger partial charge in [-0.15, -0.1) is 0 Å². The van der Waals surface area contributed by atoms with Gasteiger partial charge in [0.2, 0.25) is 0 Å². The zero-order valence-corrected chi connectivity index (χ0v) is 17.4. The maximum Gasteiger partial charge on any atom is 0.338 e. The summed E-state index contributed by atoms with van der Waals surface area (Å²) in [5.74, 6) is -1.50. The van der Waals surface area contributed by atoms with Crippen LogP contribution in [0.3, 0.4) is 0 Å². The molecule has 0 N–H and O–H groups in total. The zero-order valence-electron chi connectivity index (χ0n) is 15.9. The Kier molecular flexibility index (Phi) is 6.64. The molecule has 8 heteroatoms. The normalized spacial score (nSPS) is 13.9. The molecule has 0 radical (unpaired) electrons. The summed E-state index contributed by atoms with van der Waals surface area (Å²) in [5.41, 5.74) is 1.10. The molecule has 1 heterocycles. The van der Waals surface area contributed by atoms with Crippen molar-refractivity contribution in [2.45, 2.75) is 6.92 Å². The smallest absolute Gasteiger partial charge is 0.338 e. The second-order valence-corrected chi connectivity index (χ2v) is 7.59. The van der Waals surface area contributed by atoms with E-state index in [0.717, 1.165) is 4.47 Å². The molecule has 3 rings (SSSR count). The number of esters is 1. The van der Waals surface area contributed by atoms with E-state index >= 15 is 0 Å². The molecule has 1 aliphatic heterocycles. The van der Waals surface area contributed by atoms with Gasteiger partial charge >= 0.3 is 5.97 Å². The number of halogens is 2. The second-order valence-electron chi connectivity index (χ2n) is 6.67. The summed E-state index contributed by atoms with van der Waals surface area (Å²) in [6.45, 7) is 2.73. The van der Waals surface area contributed by atoms with Gasteiger partial charge in [0.15, 0.2) is 12.4 Å². The molecule has 0 spiro atoms. The average Bonchev–Trinajstić information content (AvgIpc) is 2.72. The molecule has 1 aliphatic rings. The lowest BCUT2D eigenvalue weighted by Gasteiger charge is -2.36. The van der Waals surface area contributed by atoms with Crippen molar-refractivity contribution in [2.24, 2.45) is 0 Å². The molecule has 2 aromatic carbocycles. The van der Waals surface area contributed by atoms with Gasteiger partial charge in [-0.25, -0.2) is 9.18 Å². The van der Waals surface area contributed by atoms with Gasteiger partial charge in [0.05, 0.1) is 11.3 Å². The Balaban J connectivity index is 1.51. The van der Waals surface area contributed by atoms with E-state index in [-0.39, 0.29) is 18.3 Å². The van der Waals surface area contributed by atoms with Gasteiger partial charge in [0, 0.05) is 36.2 Å². The van der Waals surface area contributed by atoms with Gasteiger partial charge in [-0.1, -0.05) is 15.9 Å². The summed E-state index contributed by atoms with van der Waals surface area (Å²) in [4.78, 5) is 39.1. The van der Waals surface area contributed by atoms with Crippen molar-refractivity contribution in [3.05, 3.63) is 63.9 Å². The van der Waals surface area contributed by atoms with E-state index in [1.807, 2.05) is 4.90 Å². The molecule has 1 fully saturated rings. The number of carbonyl (C=O) groups is 3. The number of carbonyl (C=O) groups excluding carboxylic acids is 3. The third-order valence-corrected chi connectivity index (χ3v) is 5.26. The molecule has 0 aromatic heterocycles. The van der Waals surface area contributed by atoms with Crippen molar-refractivity contribution in [3.63, 3.8) is 0 Å². The van der Waals surface area contributed by atoms with Crippen LogP contribution in [-0.2, 0) is 9.53 Å². The monoisotopic (exact) mass is 462 g/mol. The number of nitrogens with zero attached hydrogens (tertiary/aromatic N) is 2. The van der Waals surface area contributed by atoms with Gasteiger partial charge in [-0.2, -0.15) is 0 Å². The first-order valence-electron chi connectivity index (χ1n) is 9.11. The number of hydrogen-bond donors (Lipinski definition) is 0. The van der Waals surface area contributed by atoms with Crippen LogP contribution in [0.4, 0.5) is 10.1 Å². The van der Waals surface area contributed by atoms with E-state index < -0.39 is 11.8 Å². The summed E-state index contributed by atoms with van der Waals surface area (Å²) in [7, 11) is 0. The molecule has 0 unspecified atom stereocenters. The van der Waals surface area contributed by atoms with Crippen molar-refractivity contribution in [3.8, 4) is 0 Å². The first kappa shape index (κ1) is 21.0. The molecule has 0 atom stereocenters. The number of ketones is 1. The maximum absolute atomic E-state index is 14.3. The highest BCUT2D eigenvalue weighted by Crippen LogP contribution is 2.22. The minimum atomic E-state index is -0.558. The van der Waals surface area contributed by atoms with E-state index in [1.165, 1.54) is 13.0 Å². The molecule has 0 aliphatic carbocycles. The predicted octanol–water partition coefficient (Wildman–Crippen LogP) is 3.30. The molecule has 6 nitrogen and oxygen atoms in total. The van der Waals surface area contributed by atoms with Crippen LogP contribution in [0.15, 0.2) is 46.9 Å². The molecule has 1 amide bonds. The average molecular weight is 463 g/mol. The fraction of sp³-hybridized carbons (Fsp3) is 0.286. The number of rotatable bonds is 5. The minimum Gasteiger partial charge on any atom is -0.452 e. The van der Waals surface area contributed by atoms with Gasteiger partial charge in [-0.05, 0) is 49.4 Å². The van der Waals surface area contributed by atoms with Crippen LogP contribution >= 0.6 is 15.9 Å². The Morgan fingerprint density at radius 3 is 2.21 bits per heavy atom. The van der Waals surface area contributed by atoms with E-state index in [4.69, 9.17) is 4.74 Å². The Bertz CT molecular complexity index is 925. The van der Waals surface area contributed by atoms with Crippen molar-refractivity contribution in [2.75, 3.05) is 37.7 Å². The van der Waals surface area contributed by atoms with Crippen LogP contribution in [0.25, 0.3) is 0 Å². The maximum atomic E-state index is 14.3. The third kappa shape index (κ3) is 5.20. The number of benzene rings is 2. The SMILES string of the molecule is CC(=O)c1ccc(N2CCN(C(=O)COC(=O)c3ccc(Br)cc3)CC2)c(F)c1. The summed E-state index contributed by atoms with van der Waals surface area (Å²) in [6.07, 6.45) is 0. The lowest BCUT2D eigenvalue weighted by atomic mass is 10.1. The van der Waals surface area contributed by atoms with Gasteiger partial charge < -0.3 is 14.5 Å². The summed E-state index contributed by atoms with van der Waals surface area (Å²) >= 11 is 3.29. The van der Waals surface area contributed by atoms with E-state index in [0.29, 0.717) is 43.0 Å². The summed E-state index contributed by atoms with van der Waals surface area (Å²) in [5, 5.41) is 0. The molecule has 152 valence electrons. The zero-order chi connectivity index (χ0) is 21.0. The lowest BCUT2D eigenvalue weighted by molar-refractivity contribution is -0.134. The second kappa shape index (κ2) is 9.17. The Morgan fingerprint density at radius 1 is 1.00 bits per heavy atom. The largest absolute Gasteiger partial charge is 0.452 e. The van der Waals surface area contributed by atoms with Gasteiger partial charge in [-0.3, -0.25) is 9.59 Å². The molecule has 29 heavy (non-hydrogen) atoms. The van der Waals surface area contributed by atoms with Crippen LogP contribution < -0.4 is 4.90 Å². The topological polar surface area (TPSA) is 66.9 Å². The minimum absolute atomic E-state index is 0.191. The van der Waals surface area contributed by atoms with Crippen LogP contribution in [-0.4, -0.2) is 55.3 Å². The van der Waals surface area contributed by atoms with Crippen molar-refractivity contribution >= 4 is 39.3 Å². The van der Waals surface area contributed by atoms with Gasteiger partial charge in [0.25, 0.3) is 5.91 Å². The first-order valence-corrected chi connectivity index (χ1v) is 9.90. The molecular formula is C21H20BrFN2O4. The number of hydrogen-bond acceptors (Lipinski definition) is 5. The molecular weight excluding hydrogens is 443 g/mol. The highest BCUT2D eigenvalue weighted by atomic mass is 79.9. The van der Waals surface area contributed by atoms with Crippen LogP contribution in [0, 0.1) is 5.82 Å². The fourth-order valence-electron chi connectivity index (χ4n) is 3.07. The van der Waals surface area contributed by atoms with E-state index in [2.05, 4.69) is 15.9 Å². The van der Waals surface area contributed by atoms with Crippen molar-refractivity contribution in [1.29, 1.82) is 0 Å². The summed E-state index contributed by atoms with van der Waals surface area (Å²) in [6, 6.07) is 11.1. The van der Waals surface area contributed by atoms with Crippen molar-refractivity contribution < 1.29 is 23.5 Å². The number of anilines is 1.